The van der Waals surface area contributed by atoms with E-state index in [1.54, 1.807) is 0 Å². The summed E-state index contributed by atoms with van der Waals surface area (Å²) >= 11 is 0. The molecule has 1 aromatic heterocycles. The Balaban J connectivity index is 0.000000598. The molecule has 1 N–H and O–H groups in total. The van der Waals surface area contributed by atoms with Gasteiger partial charge in [0.1, 0.15) is 5.82 Å². The molecule has 1 saturated heterocycles. The van der Waals surface area contributed by atoms with Crippen LogP contribution in [-0.4, -0.2) is 47.1 Å². The molecule has 0 bridgehead atoms. The van der Waals surface area contributed by atoms with Crippen LogP contribution in [0.25, 0.3) is 11.4 Å². The number of hydrogen-bond acceptors (Lipinski definition) is 4. The number of fused-ring (bicyclic) bond motifs is 1. The number of benzene rings is 2. The van der Waals surface area contributed by atoms with Crippen LogP contribution in [0.3, 0.4) is 0 Å². The molecular weight excluding hydrogens is 508 g/mol. The zero-order valence-electron chi connectivity index (χ0n) is 26.0. The molecule has 6 nitrogen and oxygen atoms in total. The molecule has 6 heteroatoms. The van der Waals surface area contributed by atoms with E-state index in [9.17, 15) is 4.79 Å². The van der Waals surface area contributed by atoms with Crippen molar-refractivity contribution in [3.8, 4) is 17.5 Å². The van der Waals surface area contributed by atoms with Gasteiger partial charge in [-0.3, -0.25) is 4.79 Å². The topological polar surface area (TPSA) is 82.0 Å². The van der Waals surface area contributed by atoms with E-state index in [0.717, 1.165) is 78.2 Å². The highest BCUT2D eigenvalue weighted by Crippen LogP contribution is 2.31. The van der Waals surface area contributed by atoms with Gasteiger partial charge in [0.05, 0.1) is 30.5 Å². The number of hydrogen-bond donors (Lipinski definition) is 1. The number of unbranched alkanes of at least 4 members (excludes halogenated alkanes) is 2. The number of nitrogens with one attached hydrogen (secondary N) is 1. The first kappa shape index (κ1) is 32.1. The Bertz CT molecular complexity index is 1270. The lowest BCUT2D eigenvalue weighted by Gasteiger charge is -2.32. The van der Waals surface area contributed by atoms with Gasteiger partial charge in [-0.05, 0) is 67.5 Å². The summed E-state index contributed by atoms with van der Waals surface area (Å²) in [7, 11) is 0. The molecule has 41 heavy (non-hydrogen) atoms. The molecule has 0 radical (unpaired) electrons. The van der Waals surface area contributed by atoms with Gasteiger partial charge in [-0.15, -0.1) is 0 Å². The van der Waals surface area contributed by atoms with Crippen LogP contribution in [0, 0.1) is 25.2 Å². The molecule has 0 saturated carbocycles. The van der Waals surface area contributed by atoms with Crippen LogP contribution in [0.4, 0.5) is 0 Å². The number of amides is 1. The monoisotopic (exact) mass is 556 g/mol. The van der Waals surface area contributed by atoms with E-state index in [2.05, 4.69) is 37.9 Å². The van der Waals surface area contributed by atoms with Crippen LogP contribution >= 0.6 is 0 Å². The highest BCUT2D eigenvalue weighted by Gasteiger charge is 2.26. The summed E-state index contributed by atoms with van der Waals surface area (Å²) in [4.78, 5) is 23.9. The van der Waals surface area contributed by atoms with Gasteiger partial charge in [-0.1, -0.05) is 65.2 Å². The Morgan fingerprint density at radius 1 is 1.02 bits per heavy atom. The number of nitriles is 1. The number of nitrogens with zero attached hydrogens (tertiary/aromatic N) is 3. The van der Waals surface area contributed by atoms with Crippen molar-refractivity contribution >= 4 is 5.91 Å². The van der Waals surface area contributed by atoms with Crippen LogP contribution in [0.2, 0.25) is 0 Å². The second-order valence-electron chi connectivity index (χ2n) is 10.8. The largest absolute Gasteiger partial charge is 0.381 e. The fourth-order valence-electron chi connectivity index (χ4n) is 5.54. The quantitative estimate of drug-likeness (QED) is 0.346. The first-order valence-corrected chi connectivity index (χ1v) is 15.5. The van der Waals surface area contributed by atoms with Crippen LogP contribution in [0.5, 0.6) is 0 Å². The SMILES string of the molecule is CC.CCCCC.Cc1cc(C)c(-c2nc3c([nH]2)CCOCC3)cc1C(=O)N1CCC(c2ccc(C#N)cc2)CC1. The van der Waals surface area contributed by atoms with Crippen molar-refractivity contribution in [3.63, 3.8) is 0 Å². The minimum Gasteiger partial charge on any atom is -0.381 e. The lowest BCUT2D eigenvalue weighted by atomic mass is 9.88. The van der Waals surface area contributed by atoms with E-state index in [4.69, 9.17) is 15.0 Å². The summed E-state index contributed by atoms with van der Waals surface area (Å²) in [5.41, 5.74) is 8.03. The summed E-state index contributed by atoms with van der Waals surface area (Å²) in [5.74, 6) is 1.37. The number of aromatic nitrogens is 2. The fraction of sp³-hybridized carbons (Fsp3) is 0.514. The van der Waals surface area contributed by atoms with Crippen LogP contribution in [-0.2, 0) is 17.6 Å². The summed E-state index contributed by atoms with van der Waals surface area (Å²) in [6, 6.07) is 14.2. The zero-order valence-corrected chi connectivity index (χ0v) is 26.0. The Morgan fingerprint density at radius 2 is 1.68 bits per heavy atom. The highest BCUT2D eigenvalue weighted by atomic mass is 16.5. The van der Waals surface area contributed by atoms with Gasteiger partial charge in [-0.25, -0.2) is 4.98 Å². The van der Waals surface area contributed by atoms with Crippen molar-refractivity contribution in [1.29, 1.82) is 5.26 Å². The summed E-state index contributed by atoms with van der Waals surface area (Å²) in [6.45, 7) is 15.4. The number of piperidine rings is 1. The lowest BCUT2D eigenvalue weighted by Crippen LogP contribution is -2.38. The van der Waals surface area contributed by atoms with Crippen molar-refractivity contribution in [2.75, 3.05) is 26.3 Å². The minimum atomic E-state index is 0.0959. The number of ether oxygens (including phenoxy) is 1. The third kappa shape index (κ3) is 8.30. The molecular formula is C35H48N4O2. The summed E-state index contributed by atoms with van der Waals surface area (Å²) in [5, 5.41) is 9.02. The predicted octanol–water partition coefficient (Wildman–Crippen LogP) is 7.92. The zero-order chi connectivity index (χ0) is 29.8. The van der Waals surface area contributed by atoms with Gasteiger partial charge < -0.3 is 14.6 Å². The molecule has 0 spiro atoms. The number of rotatable bonds is 5. The molecule has 5 rings (SSSR count). The van der Waals surface area contributed by atoms with E-state index >= 15 is 0 Å². The van der Waals surface area contributed by atoms with Crippen LogP contribution in [0.15, 0.2) is 36.4 Å². The maximum atomic E-state index is 13.5. The van der Waals surface area contributed by atoms with E-state index < -0.39 is 0 Å². The van der Waals surface area contributed by atoms with Gasteiger partial charge in [0.15, 0.2) is 0 Å². The fourth-order valence-corrected chi connectivity index (χ4v) is 5.54. The standard InChI is InChI=1S/C28H30N4O2.C5H12.C2H6/c1-18-15-19(2)24(16-23(18)27-30-25-9-13-34-14-10-26(25)31-27)28(33)32-11-7-22(8-12-32)21-5-3-20(17-29)4-6-21;1-3-5-4-2;1-2/h3-6,15-16,22H,7-14H2,1-2H3,(H,30,31);3-5H2,1-2H3;1-2H3. The first-order chi connectivity index (χ1) is 19.9. The van der Waals surface area contributed by atoms with Gasteiger partial charge in [0.2, 0.25) is 0 Å². The molecule has 2 aliphatic rings. The average molecular weight is 557 g/mol. The molecule has 2 aromatic carbocycles. The average Bonchev–Trinajstić information content (AvgIpc) is 3.28. The third-order valence-corrected chi connectivity index (χ3v) is 7.90. The molecule has 1 amide bonds. The normalized spacial score (nSPS) is 14.9. The highest BCUT2D eigenvalue weighted by molar-refractivity contribution is 5.97. The van der Waals surface area contributed by atoms with Crippen molar-refractivity contribution in [2.24, 2.45) is 0 Å². The molecule has 1 fully saturated rings. The van der Waals surface area contributed by atoms with E-state index in [1.165, 1.54) is 24.8 Å². The predicted molar refractivity (Wildman–Crippen MR) is 167 cm³/mol. The van der Waals surface area contributed by atoms with E-state index in [-0.39, 0.29) is 5.91 Å². The van der Waals surface area contributed by atoms with E-state index in [1.807, 2.05) is 56.0 Å². The Morgan fingerprint density at radius 3 is 2.29 bits per heavy atom. The molecule has 0 unspecified atom stereocenters. The molecule has 3 heterocycles. The second kappa shape index (κ2) is 16.1. The van der Waals surface area contributed by atoms with Gasteiger partial charge in [0, 0.05) is 42.8 Å². The number of carbonyl (C=O) groups excluding carboxylic acids is 1. The molecule has 0 aliphatic carbocycles. The second-order valence-corrected chi connectivity index (χ2v) is 10.8. The molecule has 0 atom stereocenters. The number of imidazole rings is 1. The van der Waals surface area contributed by atoms with E-state index in [0.29, 0.717) is 24.7 Å². The Labute approximate surface area is 247 Å². The molecule has 2 aliphatic heterocycles. The van der Waals surface area contributed by atoms with Gasteiger partial charge in [-0.2, -0.15) is 5.26 Å². The lowest BCUT2D eigenvalue weighted by molar-refractivity contribution is 0.0712. The van der Waals surface area contributed by atoms with Gasteiger partial charge >= 0.3 is 0 Å². The van der Waals surface area contributed by atoms with Crippen molar-refractivity contribution in [2.45, 2.75) is 92.4 Å². The summed E-state index contributed by atoms with van der Waals surface area (Å²) in [6.07, 6.45) is 7.60. The van der Waals surface area contributed by atoms with Crippen LogP contribution in [0.1, 0.15) is 110 Å². The number of carbonyl (C=O) groups is 1. The minimum absolute atomic E-state index is 0.0959. The third-order valence-electron chi connectivity index (χ3n) is 7.90. The number of H-pyrrole nitrogens is 1. The molecule has 220 valence electrons. The Kier molecular flexibility index (Phi) is 12.6. The maximum Gasteiger partial charge on any atom is 0.254 e. The van der Waals surface area contributed by atoms with Gasteiger partial charge in [0.25, 0.3) is 5.91 Å². The molecule has 3 aromatic rings. The van der Waals surface area contributed by atoms with Crippen molar-refractivity contribution in [1.82, 2.24) is 14.9 Å². The Hall–Kier alpha value is -3.43. The van der Waals surface area contributed by atoms with Crippen molar-refractivity contribution in [3.05, 3.63) is 75.6 Å². The smallest absolute Gasteiger partial charge is 0.254 e. The summed E-state index contributed by atoms with van der Waals surface area (Å²) < 4.78 is 5.56. The number of aromatic amines is 1. The number of likely N-dealkylation sites (tertiary alicyclic amines) is 1. The van der Waals surface area contributed by atoms with Crippen LogP contribution < -0.4 is 0 Å². The van der Waals surface area contributed by atoms with Crippen molar-refractivity contribution < 1.29 is 9.53 Å². The first-order valence-electron chi connectivity index (χ1n) is 15.5. The number of aryl methyl sites for hydroxylation is 2. The maximum absolute atomic E-state index is 13.5.